The molecular weight excluding hydrogens is 312 g/mol. The fourth-order valence-corrected chi connectivity index (χ4v) is 5.46. The van der Waals surface area contributed by atoms with Crippen molar-refractivity contribution >= 4 is 5.97 Å². The first-order valence-corrected chi connectivity index (χ1v) is 9.46. The molecule has 1 aromatic carbocycles. The van der Waals surface area contributed by atoms with Gasteiger partial charge in [0.15, 0.2) is 0 Å². The number of aryl methyl sites for hydroxylation is 1. The maximum atomic E-state index is 12.6. The van der Waals surface area contributed by atoms with E-state index in [4.69, 9.17) is 9.47 Å². The predicted octanol–water partition coefficient (Wildman–Crippen LogP) is 4.75. The smallest absolute Gasteiger partial charge is 0.311 e. The molecule has 3 nitrogen and oxygen atoms in total. The normalized spacial score (nSPS) is 31.8. The summed E-state index contributed by atoms with van der Waals surface area (Å²) in [7, 11) is 3.29. The number of esters is 1. The van der Waals surface area contributed by atoms with Crippen LogP contribution >= 0.6 is 0 Å². The van der Waals surface area contributed by atoms with Crippen molar-refractivity contribution in [3.63, 3.8) is 0 Å². The Morgan fingerprint density at radius 1 is 1.20 bits per heavy atom. The van der Waals surface area contributed by atoms with Crippen molar-refractivity contribution < 1.29 is 14.3 Å². The highest BCUT2D eigenvalue weighted by Crippen LogP contribution is 2.57. The van der Waals surface area contributed by atoms with Crippen molar-refractivity contribution in [3.8, 4) is 0 Å². The van der Waals surface area contributed by atoms with Gasteiger partial charge in [-0.25, -0.2) is 0 Å². The van der Waals surface area contributed by atoms with Crippen LogP contribution in [0.4, 0.5) is 0 Å². The Hall–Kier alpha value is -1.35. The first-order valence-electron chi connectivity index (χ1n) is 9.46. The molecule has 0 heterocycles. The fourth-order valence-electron chi connectivity index (χ4n) is 5.46. The number of ether oxygens (including phenoxy) is 2. The van der Waals surface area contributed by atoms with Gasteiger partial charge in [-0.2, -0.15) is 0 Å². The van der Waals surface area contributed by atoms with Gasteiger partial charge in [0.2, 0.25) is 0 Å². The zero-order valence-corrected chi connectivity index (χ0v) is 16.6. The van der Waals surface area contributed by atoms with Crippen LogP contribution in [-0.2, 0) is 31.7 Å². The van der Waals surface area contributed by atoms with Gasteiger partial charge in [-0.1, -0.05) is 31.5 Å². The Labute approximate surface area is 152 Å². The number of methoxy groups -OCH3 is 2. The summed E-state index contributed by atoms with van der Waals surface area (Å²) < 4.78 is 10.9. The van der Waals surface area contributed by atoms with Crippen molar-refractivity contribution in [2.24, 2.45) is 11.3 Å². The second-order valence-corrected chi connectivity index (χ2v) is 8.86. The van der Waals surface area contributed by atoms with Crippen molar-refractivity contribution in [2.45, 2.75) is 70.8 Å². The van der Waals surface area contributed by atoms with Gasteiger partial charge < -0.3 is 9.47 Å². The molecule has 3 heteroatoms. The van der Waals surface area contributed by atoms with Gasteiger partial charge in [0.05, 0.1) is 18.1 Å². The molecule has 1 fully saturated rings. The third kappa shape index (κ3) is 2.71. The van der Waals surface area contributed by atoms with Crippen LogP contribution < -0.4 is 0 Å². The van der Waals surface area contributed by atoms with E-state index >= 15 is 0 Å². The monoisotopic (exact) mass is 344 g/mol. The predicted molar refractivity (Wildman–Crippen MR) is 99.6 cm³/mol. The highest BCUT2D eigenvalue weighted by molar-refractivity contribution is 5.77. The maximum absolute atomic E-state index is 12.6. The number of carbonyl (C=O) groups is 1. The summed E-state index contributed by atoms with van der Waals surface area (Å²) in [5.74, 6) is 0.305. The van der Waals surface area contributed by atoms with Crippen molar-refractivity contribution in [3.05, 3.63) is 34.9 Å². The molecular formula is C22H32O3. The average Bonchev–Trinajstić information content (AvgIpc) is 2.60. The number of rotatable bonds is 3. The Morgan fingerprint density at radius 3 is 2.56 bits per heavy atom. The molecule has 2 aliphatic rings. The molecule has 0 bridgehead atoms. The van der Waals surface area contributed by atoms with Crippen LogP contribution in [-0.4, -0.2) is 20.2 Å². The van der Waals surface area contributed by atoms with Gasteiger partial charge >= 0.3 is 5.97 Å². The standard InChI is InChI=1S/C22H32O3/c1-20(2,25-6)16-9-10-17-15(14-16)8-11-18-21(17,3)12-7-13-22(18,4)19(23)24-5/h9-10,14,18H,7-8,11-13H2,1-6H3. The van der Waals surface area contributed by atoms with Crippen LogP contribution in [0, 0.1) is 11.3 Å². The lowest BCUT2D eigenvalue weighted by atomic mass is 9.49. The minimum atomic E-state index is -0.371. The molecule has 0 amide bonds. The van der Waals surface area contributed by atoms with E-state index < -0.39 is 0 Å². The number of hydrogen-bond donors (Lipinski definition) is 0. The van der Waals surface area contributed by atoms with Gasteiger partial charge in [0.25, 0.3) is 0 Å². The van der Waals surface area contributed by atoms with E-state index in [-0.39, 0.29) is 22.4 Å². The molecule has 0 N–H and O–H groups in total. The van der Waals surface area contributed by atoms with E-state index in [1.165, 1.54) is 23.8 Å². The first kappa shape index (κ1) is 18.4. The number of carbonyl (C=O) groups excluding carboxylic acids is 1. The number of benzene rings is 1. The molecule has 138 valence electrons. The Bertz CT molecular complexity index is 678. The van der Waals surface area contributed by atoms with E-state index in [9.17, 15) is 4.79 Å². The largest absolute Gasteiger partial charge is 0.469 e. The van der Waals surface area contributed by atoms with Gasteiger partial charge in [0, 0.05) is 7.11 Å². The second-order valence-electron chi connectivity index (χ2n) is 8.86. The Balaban J connectivity index is 2.05. The lowest BCUT2D eigenvalue weighted by molar-refractivity contribution is -0.161. The Kier molecular flexibility index (Phi) is 4.51. The average molecular weight is 344 g/mol. The lowest BCUT2D eigenvalue weighted by Crippen LogP contribution is -2.52. The fraction of sp³-hybridized carbons (Fsp3) is 0.682. The molecule has 0 spiro atoms. The summed E-state index contributed by atoms with van der Waals surface area (Å²) in [5, 5.41) is 0. The zero-order valence-electron chi connectivity index (χ0n) is 16.6. The molecule has 3 rings (SSSR count). The molecule has 2 aliphatic carbocycles. The summed E-state index contributed by atoms with van der Waals surface area (Å²) in [6.07, 6.45) is 5.22. The first-order chi connectivity index (χ1) is 11.7. The highest BCUT2D eigenvalue weighted by atomic mass is 16.5. The third-order valence-electron chi connectivity index (χ3n) is 7.21. The molecule has 0 radical (unpaired) electrons. The topological polar surface area (TPSA) is 35.5 Å². The van der Waals surface area contributed by atoms with Gasteiger partial charge in [-0.3, -0.25) is 4.79 Å². The summed E-state index contributed by atoms with van der Waals surface area (Å²) in [4.78, 5) is 12.6. The van der Waals surface area contributed by atoms with E-state index in [0.29, 0.717) is 5.92 Å². The molecule has 0 saturated heterocycles. The number of hydrogen-bond acceptors (Lipinski definition) is 3. The summed E-state index contributed by atoms with van der Waals surface area (Å²) in [6.45, 7) is 8.69. The van der Waals surface area contributed by atoms with Crippen LogP contribution in [0.3, 0.4) is 0 Å². The van der Waals surface area contributed by atoms with Gasteiger partial charge in [-0.15, -0.1) is 0 Å². The van der Waals surface area contributed by atoms with E-state index in [1.54, 1.807) is 7.11 Å². The van der Waals surface area contributed by atoms with Crippen LogP contribution in [0.2, 0.25) is 0 Å². The number of fused-ring (bicyclic) bond motifs is 3. The molecule has 3 unspecified atom stereocenters. The SMILES string of the molecule is COC(=O)C1(C)CCCC2(C)c3ccc(C(C)(C)OC)cc3CCC12. The summed E-state index contributed by atoms with van der Waals surface area (Å²) in [6, 6.07) is 6.82. The summed E-state index contributed by atoms with van der Waals surface area (Å²) >= 11 is 0. The minimum absolute atomic E-state index is 0.0380. The molecule has 1 saturated carbocycles. The zero-order chi connectivity index (χ0) is 18.5. The molecule has 3 atom stereocenters. The van der Waals surface area contributed by atoms with E-state index in [1.807, 2.05) is 0 Å². The van der Waals surface area contributed by atoms with Gasteiger partial charge in [-0.05, 0) is 74.5 Å². The second kappa shape index (κ2) is 6.12. The van der Waals surface area contributed by atoms with Crippen LogP contribution in [0.1, 0.15) is 70.1 Å². The van der Waals surface area contributed by atoms with Crippen molar-refractivity contribution in [2.75, 3.05) is 14.2 Å². The van der Waals surface area contributed by atoms with Crippen LogP contribution in [0.25, 0.3) is 0 Å². The van der Waals surface area contributed by atoms with Gasteiger partial charge in [0.1, 0.15) is 0 Å². The quantitative estimate of drug-likeness (QED) is 0.742. The van der Waals surface area contributed by atoms with Crippen LogP contribution in [0.5, 0.6) is 0 Å². The van der Waals surface area contributed by atoms with Crippen LogP contribution in [0.15, 0.2) is 18.2 Å². The van der Waals surface area contributed by atoms with E-state index in [0.717, 1.165) is 32.1 Å². The maximum Gasteiger partial charge on any atom is 0.311 e. The summed E-state index contributed by atoms with van der Waals surface area (Å²) in [5.41, 5.74) is 3.47. The minimum Gasteiger partial charge on any atom is -0.469 e. The molecule has 1 aromatic rings. The highest BCUT2D eigenvalue weighted by Gasteiger charge is 2.55. The third-order valence-corrected chi connectivity index (χ3v) is 7.21. The molecule has 0 aliphatic heterocycles. The van der Waals surface area contributed by atoms with E-state index in [2.05, 4.69) is 45.9 Å². The van der Waals surface area contributed by atoms with Crippen molar-refractivity contribution in [1.29, 1.82) is 0 Å². The lowest BCUT2D eigenvalue weighted by Gasteiger charge is -2.54. The molecule has 25 heavy (non-hydrogen) atoms. The Morgan fingerprint density at radius 2 is 1.92 bits per heavy atom. The van der Waals surface area contributed by atoms with Crippen molar-refractivity contribution in [1.82, 2.24) is 0 Å². The molecule has 0 aromatic heterocycles.